The molecule has 1 aromatic rings. The van der Waals surface area contributed by atoms with Crippen molar-refractivity contribution >= 4 is 0 Å². The fourth-order valence-electron chi connectivity index (χ4n) is 1.90. The number of rotatable bonds is 2. The molecule has 1 aromatic heterocycles. The summed E-state index contributed by atoms with van der Waals surface area (Å²) in [7, 11) is 0. The molecule has 0 amide bonds. The lowest BCUT2D eigenvalue weighted by Gasteiger charge is -2.31. The topological polar surface area (TPSA) is 28.2 Å². The van der Waals surface area contributed by atoms with Gasteiger partial charge in [0.1, 0.15) is 0 Å². The van der Waals surface area contributed by atoms with E-state index in [1.54, 1.807) is 0 Å². The number of pyridine rings is 1. The van der Waals surface area contributed by atoms with E-state index >= 15 is 0 Å². The normalized spacial score (nSPS) is 23.6. The molecule has 3 heteroatoms. The van der Waals surface area contributed by atoms with Gasteiger partial charge < -0.3 is 5.32 Å². The van der Waals surface area contributed by atoms with E-state index in [4.69, 9.17) is 0 Å². The van der Waals surface area contributed by atoms with E-state index in [1.807, 2.05) is 12.4 Å². The van der Waals surface area contributed by atoms with Gasteiger partial charge in [-0.3, -0.25) is 9.88 Å². The first-order chi connectivity index (χ1) is 6.84. The van der Waals surface area contributed by atoms with Crippen LogP contribution in [0.15, 0.2) is 24.5 Å². The second kappa shape index (κ2) is 4.53. The SMILES string of the molecule is C[C@@H]1CN(Cc2ccncc2)CCN1. The highest BCUT2D eigenvalue weighted by atomic mass is 15.2. The van der Waals surface area contributed by atoms with E-state index in [1.165, 1.54) is 5.56 Å². The van der Waals surface area contributed by atoms with E-state index in [-0.39, 0.29) is 0 Å². The summed E-state index contributed by atoms with van der Waals surface area (Å²) >= 11 is 0. The first-order valence-corrected chi connectivity index (χ1v) is 5.19. The van der Waals surface area contributed by atoms with Crippen LogP contribution in [0.25, 0.3) is 0 Å². The Kier molecular flexibility index (Phi) is 3.11. The molecular weight excluding hydrogens is 174 g/mol. The molecule has 14 heavy (non-hydrogen) atoms. The van der Waals surface area contributed by atoms with E-state index in [2.05, 4.69) is 34.3 Å². The quantitative estimate of drug-likeness (QED) is 0.752. The molecule has 2 heterocycles. The summed E-state index contributed by atoms with van der Waals surface area (Å²) in [5.41, 5.74) is 1.36. The number of nitrogens with one attached hydrogen (secondary N) is 1. The van der Waals surface area contributed by atoms with Crippen LogP contribution in [0.4, 0.5) is 0 Å². The number of piperazine rings is 1. The summed E-state index contributed by atoms with van der Waals surface area (Å²) in [6, 6.07) is 4.80. The van der Waals surface area contributed by atoms with Crippen molar-refractivity contribution in [2.24, 2.45) is 0 Å². The van der Waals surface area contributed by atoms with Crippen LogP contribution in [0.3, 0.4) is 0 Å². The fourth-order valence-corrected chi connectivity index (χ4v) is 1.90. The van der Waals surface area contributed by atoms with Gasteiger partial charge in [-0.15, -0.1) is 0 Å². The van der Waals surface area contributed by atoms with Gasteiger partial charge in [0.05, 0.1) is 0 Å². The van der Waals surface area contributed by atoms with Crippen LogP contribution in [0.2, 0.25) is 0 Å². The monoisotopic (exact) mass is 191 g/mol. The summed E-state index contributed by atoms with van der Waals surface area (Å²) in [5.74, 6) is 0. The van der Waals surface area contributed by atoms with Gasteiger partial charge in [0.15, 0.2) is 0 Å². The van der Waals surface area contributed by atoms with Crippen molar-refractivity contribution in [1.29, 1.82) is 0 Å². The summed E-state index contributed by atoms with van der Waals surface area (Å²) in [6.45, 7) is 6.68. The minimum atomic E-state index is 0.616. The van der Waals surface area contributed by atoms with Gasteiger partial charge in [-0.1, -0.05) is 0 Å². The molecule has 1 fully saturated rings. The van der Waals surface area contributed by atoms with Crippen molar-refractivity contribution < 1.29 is 0 Å². The number of nitrogens with zero attached hydrogens (tertiary/aromatic N) is 2. The van der Waals surface area contributed by atoms with Crippen molar-refractivity contribution in [2.45, 2.75) is 19.5 Å². The number of hydrogen-bond donors (Lipinski definition) is 1. The highest BCUT2D eigenvalue weighted by Crippen LogP contribution is 2.05. The highest BCUT2D eigenvalue weighted by Gasteiger charge is 2.14. The molecule has 0 bridgehead atoms. The Bertz CT molecular complexity index is 273. The van der Waals surface area contributed by atoms with Crippen LogP contribution in [0.5, 0.6) is 0 Å². The largest absolute Gasteiger partial charge is 0.312 e. The third kappa shape index (κ3) is 2.53. The summed E-state index contributed by atoms with van der Waals surface area (Å²) in [6.07, 6.45) is 3.72. The molecule has 0 aliphatic carbocycles. The Hall–Kier alpha value is -0.930. The molecule has 2 rings (SSSR count). The lowest BCUT2D eigenvalue weighted by atomic mass is 10.2. The molecule has 0 saturated carbocycles. The van der Waals surface area contributed by atoms with Crippen LogP contribution >= 0.6 is 0 Å². The van der Waals surface area contributed by atoms with Gasteiger partial charge in [-0.2, -0.15) is 0 Å². The maximum atomic E-state index is 4.02. The van der Waals surface area contributed by atoms with Gasteiger partial charge in [0.2, 0.25) is 0 Å². The Labute approximate surface area is 85.1 Å². The molecule has 0 unspecified atom stereocenters. The molecule has 0 radical (unpaired) electrons. The molecule has 1 N–H and O–H groups in total. The zero-order chi connectivity index (χ0) is 9.80. The van der Waals surface area contributed by atoms with Gasteiger partial charge in [0.25, 0.3) is 0 Å². The number of aromatic nitrogens is 1. The first kappa shape index (κ1) is 9.62. The van der Waals surface area contributed by atoms with Crippen molar-refractivity contribution in [1.82, 2.24) is 15.2 Å². The molecule has 76 valence electrons. The number of hydrogen-bond acceptors (Lipinski definition) is 3. The third-order valence-corrected chi connectivity index (χ3v) is 2.61. The summed E-state index contributed by atoms with van der Waals surface area (Å²) in [4.78, 5) is 6.51. The molecular formula is C11H17N3. The first-order valence-electron chi connectivity index (χ1n) is 5.19. The Balaban J connectivity index is 1.91. The summed E-state index contributed by atoms with van der Waals surface area (Å²) < 4.78 is 0. The molecule has 1 saturated heterocycles. The second-order valence-electron chi connectivity index (χ2n) is 3.95. The lowest BCUT2D eigenvalue weighted by molar-refractivity contribution is 0.199. The second-order valence-corrected chi connectivity index (χ2v) is 3.95. The van der Waals surface area contributed by atoms with Crippen molar-refractivity contribution in [3.05, 3.63) is 30.1 Å². The molecule has 0 spiro atoms. The average molecular weight is 191 g/mol. The van der Waals surface area contributed by atoms with Crippen LogP contribution in [0, 0.1) is 0 Å². The van der Waals surface area contributed by atoms with Gasteiger partial charge in [-0.05, 0) is 24.6 Å². The van der Waals surface area contributed by atoms with Crippen LogP contribution < -0.4 is 5.32 Å². The van der Waals surface area contributed by atoms with E-state index in [9.17, 15) is 0 Å². The smallest absolute Gasteiger partial charge is 0.0271 e. The van der Waals surface area contributed by atoms with Crippen LogP contribution in [0.1, 0.15) is 12.5 Å². The zero-order valence-electron chi connectivity index (χ0n) is 8.61. The highest BCUT2D eigenvalue weighted by molar-refractivity contribution is 5.09. The van der Waals surface area contributed by atoms with E-state index < -0.39 is 0 Å². The van der Waals surface area contributed by atoms with Crippen molar-refractivity contribution in [2.75, 3.05) is 19.6 Å². The molecule has 1 aliphatic heterocycles. The third-order valence-electron chi connectivity index (χ3n) is 2.61. The minimum Gasteiger partial charge on any atom is -0.312 e. The Morgan fingerprint density at radius 1 is 1.50 bits per heavy atom. The molecule has 1 atom stereocenters. The molecule has 1 aliphatic rings. The van der Waals surface area contributed by atoms with Crippen molar-refractivity contribution in [3.63, 3.8) is 0 Å². The Morgan fingerprint density at radius 3 is 3.00 bits per heavy atom. The van der Waals surface area contributed by atoms with Gasteiger partial charge in [0, 0.05) is 44.6 Å². The van der Waals surface area contributed by atoms with Gasteiger partial charge >= 0.3 is 0 Å². The lowest BCUT2D eigenvalue weighted by Crippen LogP contribution is -2.48. The molecule has 0 aromatic carbocycles. The maximum absolute atomic E-state index is 4.02. The van der Waals surface area contributed by atoms with E-state index in [0.717, 1.165) is 26.2 Å². The van der Waals surface area contributed by atoms with Gasteiger partial charge in [-0.25, -0.2) is 0 Å². The predicted octanol–water partition coefficient (Wildman–Crippen LogP) is 0.875. The summed E-state index contributed by atoms with van der Waals surface area (Å²) in [5, 5.41) is 3.44. The molecule has 3 nitrogen and oxygen atoms in total. The van der Waals surface area contributed by atoms with Crippen LogP contribution in [-0.4, -0.2) is 35.6 Å². The average Bonchev–Trinajstić information content (AvgIpc) is 2.19. The Morgan fingerprint density at radius 2 is 2.29 bits per heavy atom. The standard InChI is InChI=1S/C11H17N3/c1-10-8-14(7-6-13-10)9-11-2-4-12-5-3-11/h2-5,10,13H,6-9H2,1H3/t10-/m1/s1. The van der Waals surface area contributed by atoms with E-state index in [0.29, 0.717) is 6.04 Å². The van der Waals surface area contributed by atoms with Crippen molar-refractivity contribution in [3.8, 4) is 0 Å². The van der Waals surface area contributed by atoms with Crippen LogP contribution in [-0.2, 0) is 6.54 Å². The predicted molar refractivity (Wildman–Crippen MR) is 57.0 cm³/mol. The minimum absolute atomic E-state index is 0.616. The zero-order valence-corrected chi connectivity index (χ0v) is 8.61. The fraction of sp³-hybridized carbons (Fsp3) is 0.545. The maximum Gasteiger partial charge on any atom is 0.0271 e.